The first-order valence-electron chi connectivity index (χ1n) is 8.34. The van der Waals surface area contributed by atoms with Gasteiger partial charge in [0.15, 0.2) is 0 Å². The van der Waals surface area contributed by atoms with Crippen molar-refractivity contribution in [3.05, 3.63) is 35.9 Å². The lowest BCUT2D eigenvalue weighted by molar-refractivity contribution is -0.131. The van der Waals surface area contributed by atoms with Gasteiger partial charge in [-0.1, -0.05) is 37.3 Å². The van der Waals surface area contributed by atoms with E-state index in [1.54, 1.807) is 7.11 Å². The van der Waals surface area contributed by atoms with Gasteiger partial charge in [0.05, 0.1) is 24.2 Å². The third-order valence-electron chi connectivity index (χ3n) is 4.66. The lowest BCUT2D eigenvalue weighted by Crippen LogP contribution is -2.48. The predicted molar refractivity (Wildman–Crippen MR) is 97.2 cm³/mol. The molecule has 1 aromatic carbocycles. The van der Waals surface area contributed by atoms with Crippen molar-refractivity contribution in [1.29, 1.82) is 0 Å². The average Bonchev–Trinajstić information content (AvgIpc) is 3.09. The van der Waals surface area contributed by atoms with E-state index in [1.807, 2.05) is 44.2 Å². The molecule has 0 aliphatic carbocycles. The first-order chi connectivity index (χ1) is 11.0. The largest absolute Gasteiger partial charge is 0.386 e. The van der Waals surface area contributed by atoms with Crippen LogP contribution in [-0.4, -0.2) is 42.9 Å². The summed E-state index contributed by atoms with van der Waals surface area (Å²) in [6.07, 6.45) is 1.26. The van der Waals surface area contributed by atoms with Crippen LogP contribution in [0.3, 0.4) is 0 Å². The first kappa shape index (κ1) is 20.9. The summed E-state index contributed by atoms with van der Waals surface area (Å²) in [4.78, 5) is 12.5. The molecule has 0 unspecified atom stereocenters. The van der Waals surface area contributed by atoms with Gasteiger partial charge >= 0.3 is 0 Å². The quantitative estimate of drug-likeness (QED) is 0.699. The molecule has 1 amide bonds. The number of amides is 1. The number of rotatable bonds is 7. The van der Waals surface area contributed by atoms with Gasteiger partial charge in [-0.3, -0.25) is 4.79 Å². The normalized spacial score (nSPS) is 22.1. The topological polar surface area (TPSA) is 70.6 Å². The minimum Gasteiger partial charge on any atom is -0.386 e. The zero-order valence-corrected chi connectivity index (χ0v) is 15.4. The van der Waals surface area contributed by atoms with Crippen molar-refractivity contribution in [2.24, 2.45) is 5.92 Å². The Morgan fingerprint density at radius 1 is 1.33 bits per heavy atom. The number of hydrogen-bond acceptors (Lipinski definition) is 4. The average molecular weight is 357 g/mol. The van der Waals surface area contributed by atoms with Crippen LogP contribution in [0.5, 0.6) is 0 Å². The number of benzene rings is 1. The highest BCUT2D eigenvalue weighted by atomic mass is 35.5. The second-order valence-corrected chi connectivity index (χ2v) is 6.34. The highest BCUT2D eigenvalue weighted by Gasteiger charge is 2.33. The van der Waals surface area contributed by atoms with E-state index in [0.717, 1.165) is 24.9 Å². The monoisotopic (exact) mass is 356 g/mol. The molecule has 1 aliphatic rings. The maximum Gasteiger partial charge on any atom is 0.225 e. The molecule has 2 rings (SSSR count). The fourth-order valence-electron chi connectivity index (χ4n) is 3.23. The number of nitrogens with one attached hydrogen (secondary N) is 2. The van der Waals surface area contributed by atoms with Crippen molar-refractivity contribution < 1.29 is 14.6 Å². The van der Waals surface area contributed by atoms with Crippen LogP contribution in [0.15, 0.2) is 30.3 Å². The Morgan fingerprint density at radius 2 is 2.00 bits per heavy atom. The Labute approximate surface area is 150 Å². The molecule has 0 bridgehead atoms. The molecule has 3 N–H and O–H groups in total. The lowest BCUT2D eigenvalue weighted by atomic mass is 9.94. The van der Waals surface area contributed by atoms with E-state index in [0.29, 0.717) is 0 Å². The molecule has 1 aromatic rings. The van der Waals surface area contributed by atoms with Crippen LogP contribution in [-0.2, 0) is 9.53 Å². The summed E-state index contributed by atoms with van der Waals surface area (Å²) in [5.74, 6) is -0.367. The molecule has 6 heteroatoms. The van der Waals surface area contributed by atoms with Gasteiger partial charge in [-0.25, -0.2) is 0 Å². The van der Waals surface area contributed by atoms with Gasteiger partial charge in [0, 0.05) is 13.2 Å². The molecule has 0 aromatic heterocycles. The highest BCUT2D eigenvalue weighted by Crippen LogP contribution is 2.20. The zero-order valence-electron chi connectivity index (χ0n) is 14.6. The van der Waals surface area contributed by atoms with E-state index >= 15 is 0 Å². The van der Waals surface area contributed by atoms with E-state index in [9.17, 15) is 9.90 Å². The van der Waals surface area contributed by atoms with Gasteiger partial charge in [0.1, 0.15) is 0 Å². The fraction of sp³-hybridized carbons (Fsp3) is 0.611. The Balaban J connectivity index is 0.00000288. The SMILES string of the molecule is CO[C@@H]([C@@H]1CCCN1)[C@H](C)C(=O)N[C@H](C)[C@@H](O)c1ccccc1.Cl. The number of aliphatic hydroxyl groups excluding tert-OH is 1. The van der Waals surface area contributed by atoms with Crippen molar-refractivity contribution in [3.8, 4) is 0 Å². The van der Waals surface area contributed by atoms with Crippen molar-refractivity contribution in [2.45, 2.75) is 51.0 Å². The van der Waals surface area contributed by atoms with Crippen LogP contribution in [0.4, 0.5) is 0 Å². The summed E-state index contributed by atoms with van der Waals surface area (Å²) in [5, 5.41) is 16.7. The molecular weight excluding hydrogens is 328 g/mol. The summed E-state index contributed by atoms with van der Waals surface area (Å²) < 4.78 is 5.56. The zero-order chi connectivity index (χ0) is 16.8. The Morgan fingerprint density at radius 3 is 2.54 bits per heavy atom. The van der Waals surface area contributed by atoms with E-state index < -0.39 is 6.10 Å². The van der Waals surface area contributed by atoms with E-state index in [1.165, 1.54) is 0 Å². The molecule has 5 atom stereocenters. The van der Waals surface area contributed by atoms with Gasteiger partial charge < -0.3 is 20.5 Å². The predicted octanol–water partition coefficient (Wildman–Crippen LogP) is 2.05. The Kier molecular flexibility index (Phi) is 8.70. The van der Waals surface area contributed by atoms with Gasteiger partial charge in [0.2, 0.25) is 5.91 Å². The minimum atomic E-state index is -0.724. The van der Waals surface area contributed by atoms with E-state index in [4.69, 9.17) is 4.74 Å². The third kappa shape index (κ3) is 5.18. The fourth-order valence-corrected chi connectivity index (χ4v) is 3.23. The van der Waals surface area contributed by atoms with Crippen LogP contribution in [0.1, 0.15) is 38.4 Å². The van der Waals surface area contributed by atoms with Crippen molar-refractivity contribution in [1.82, 2.24) is 10.6 Å². The number of ether oxygens (including phenoxy) is 1. The van der Waals surface area contributed by atoms with Crippen LogP contribution < -0.4 is 10.6 Å². The standard InChI is InChI=1S/C18H28N2O3.ClH/c1-12(17(23-3)15-10-7-11-19-15)18(22)20-13(2)16(21)14-8-5-4-6-9-14;/h4-6,8-9,12-13,15-17,19,21H,7,10-11H2,1-3H3,(H,20,22);1H/t12-,13+,15-,16+,17+;/m0./s1. The van der Waals surface area contributed by atoms with E-state index in [2.05, 4.69) is 10.6 Å². The molecule has 136 valence electrons. The molecule has 1 heterocycles. The number of hydrogen-bond donors (Lipinski definition) is 3. The number of methoxy groups -OCH3 is 1. The second-order valence-electron chi connectivity index (χ2n) is 6.34. The summed E-state index contributed by atoms with van der Waals surface area (Å²) in [5.41, 5.74) is 0.800. The number of halogens is 1. The lowest BCUT2D eigenvalue weighted by Gasteiger charge is -2.29. The van der Waals surface area contributed by atoms with Crippen molar-refractivity contribution >= 4 is 18.3 Å². The summed E-state index contributed by atoms with van der Waals surface area (Å²) in [6.45, 7) is 4.67. The second kappa shape index (κ2) is 9.99. The maximum atomic E-state index is 12.5. The maximum absolute atomic E-state index is 12.5. The van der Waals surface area contributed by atoms with Gasteiger partial charge in [-0.15, -0.1) is 12.4 Å². The van der Waals surface area contributed by atoms with Crippen LogP contribution in [0, 0.1) is 5.92 Å². The number of aliphatic hydroxyl groups is 1. The Hall–Kier alpha value is -1.14. The molecule has 1 saturated heterocycles. The third-order valence-corrected chi connectivity index (χ3v) is 4.66. The first-order valence-corrected chi connectivity index (χ1v) is 8.34. The van der Waals surface area contributed by atoms with Crippen LogP contribution >= 0.6 is 12.4 Å². The number of carbonyl (C=O) groups is 1. The van der Waals surface area contributed by atoms with E-state index in [-0.39, 0.29) is 42.4 Å². The molecule has 5 nitrogen and oxygen atoms in total. The summed E-state index contributed by atoms with van der Waals surface area (Å²) >= 11 is 0. The number of carbonyl (C=O) groups excluding carboxylic acids is 1. The van der Waals surface area contributed by atoms with Gasteiger partial charge in [-0.05, 0) is 31.9 Å². The minimum absolute atomic E-state index is 0. The van der Waals surface area contributed by atoms with Crippen LogP contribution in [0.25, 0.3) is 0 Å². The Bertz CT molecular complexity index is 494. The van der Waals surface area contributed by atoms with Crippen molar-refractivity contribution in [2.75, 3.05) is 13.7 Å². The molecule has 1 fully saturated rings. The molecule has 0 spiro atoms. The molecule has 24 heavy (non-hydrogen) atoms. The molecule has 1 aliphatic heterocycles. The molecule has 0 saturated carbocycles. The smallest absolute Gasteiger partial charge is 0.225 e. The van der Waals surface area contributed by atoms with Gasteiger partial charge in [0.25, 0.3) is 0 Å². The molecule has 0 radical (unpaired) electrons. The summed E-state index contributed by atoms with van der Waals surface area (Å²) in [6, 6.07) is 9.23. The van der Waals surface area contributed by atoms with Crippen molar-refractivity contribution in [3.63, 3.8) is 0 Å². The highest BCUT2D eigenvalue weighted by molar-refractivity contribution is 5.85. The van der Waals surface area contributed by atoms with Crippen LogP contribution in [0.2, 0.25) is 0 Å². The summed E-state index contributed by atoms with van der Waals surface area (Å²) in [7, 11) is 1.65. The molecular formula is C18H29ClN2O3. The van der Waals surface area contributed by atoms with Gasteiger partial charge in [-0.2, -0.15) is 0 Å².